The minimum Gasteiger partial charge on any atom is -0.497 e. The molecule has 1 aromatic heterocycles. The van der Waals surface area contributed by atoms with Crippen LogP contribution in [0.4, 0.5) is 26.0 Å². The molecule has 1 amide bonds. The largest absolute Gasteiger partial charge is 0.497 e. The number of primary amides is 1. The Bertz CT molecular complexity index is 994. The van der Waals surface area contributed by atoms with Crippen LogP contribution in [-0.2, 0) is 6.54 Å². The van der Waals surface area contributed by atoms with Gasteiger partial charge in [0.15, 0.2) is 11.6 Å². The third-order valence-electron chi connectivity index (χ3n) is 4.03. The van der Waals surface area contributed by atoms with Crippen molar-refractivity contribution in [3.05, 3.63) is 77.5 Å². The van der Waals surface area contributed by atoms with Gasteiger partial charge in [-0.1, -0.05) is 12.1 Å². The summed E-state index contributed by atoms with van der Waals surface area (Å²) in [6, 6.07) is 12.6. The number of anilines is 3. The molecule has 3 aromatic rings. The average Bonchev–Trinajstić information content (AvgIpc) is 2.69. The highest BCUT2D eigenvalue weighted by atomic mass is 19.2. The van der Waals surface area contributed by atoms with E-state index in [-0.39, 0.29) is 17.7 Å². The number of hydrogen-bond donors (Lipinski definition) is 3. The van der Waals surface area contributed by atoms with Gasteiger partial charge >= 0.3 is 0 Å². The van der Waals surface area contributed by atoms with Crippen LogP contribution in [0.3, 0.4) is 0 Å². The van der Waals surface area contributed by atoms with Crippen LogP contribution in [0.2, 0.25) is 0 Å². The number of carbonyl (C=O) groups is 1. The Kier molecular flexibility index (Phi) is 5.69. The number of methoxy groups -OCH3 is 1. The van der Waals surface area contributed by atoms with Crippen LogP contribution in [-0.4, -0.2) is 18.0 Å². The van der Waals surface area contributed by atoms with Gasteiger partial charge in [-0.3, -0.25) is 4.79 Å². The molecule has 0 saturated heterocycles. The summed E-state index contributed by atoms with van der Waals surface area (Å²) in [5.41, 5.74) is 6.74. The van der Waals surface area contributed by atoms with Gasteiger partial charge in [-0.05, 0) is 30.3 Å². The van der Waals surface area contributed by atoms with Crippen molar-refractivity contribution in [2.24, 2.45) is 5.73 Å². The van der Waals surface area contributed by atoms with E-state index < -0.39 is 17.5 Å². The van der Waals surface area contributed by atoms with E-state index in [1.807, 2.05) is 0 Å². The van der Waals surface area contributed by atoms with E-state index in [0.717, 1.165) is 11.8 Å². The number of halogens is 2. The first-order valence-corrected chi connectivity index (χ1v) is 8.35. The number of amides is 1. The highest BCUT2D eigenvalue weighted by molar-refractivity contribution is 5.98. The van der Waals surface area contributed by atoms with Gasteiger partial charge in [-0.15, -0.1) is 0 Å². The van der Waals surface area contributed by atoms with Crippen LogP contribution < -0.4 is 21.1 Å². The van der Waals surface area contributed by atoms with E-state index in [0.29, 0.717) is 17.3 Å². The second-order valence-corrected chi connectivity index (χ2v) is 5.90. The summed E-state index contributed by atoms with van der Waals surface area (Å²) >= 11 is 0. The van der Waals surface area contributed by atoms with Crippen LogP contribution in [0.1, 0.15) is 15.9 Å². The van der Waals surface area contributed by atoms with Gasteiger partial charge in [0.05, 0.1) is 18.4 Å². The van der Waals surface area contributed by atoms with Crippen LogP contribution >= 0.6 is 0 Å². The summed E-state index contributed by atoms with van der Waals surface area (Å²) in [5, 5.41) is 6.00. The first kappa shape index (κ1) is 19.1. The lowest BCUT2D eigenvalue weighted by molar-refractivity contribution is 0.100. The minimum absolute atomic E-state index is 0.0319. The Morgan fingerprint density at radius 3 is 2.61 bits per heavy atom. The molecule has 6 nitrogen and oxygen atoms in total. The molecule has 8 heteroatoms. The van der Waals surface area contributed by atoms with E-state index in [9.17, 15) is 13.6 Å². The molecular weight excluding hydrogens is 366 g/mol. The molecule has 0 aliphatic rings. The first-order valence-electron chi connectivity index (χ1n) is 8.35. The molecule has 0 saturated carbocycles. The van der Waals surface area contributed by atoms with Crippen molar-refractivity contribution < 1.29 is 18.3 Å². The van der Waals surface area contributed by atoms with Crippen LogP contribution in [0, 0.1) is 11.6 Å². The van der Waals surface area contributed by atoms with Gasteiger partial charge in [0.1, 0.15) is 11.6 Å². The Morgan fingerprint density at radius 1 is 1.18 bits per heavy atom. The maximum absolute atomic E-state index is 13.9. The third kappa shape index (κ3) is 4.35. The summed E-state index contributed by atoms with van der Waals surface area (Å²) in [7, 11) is 1.58. The average molecular weight is 384 g/mol. The van der Waals surface area contributed by atoms with Crippen molar-refractivity contribution in [2.45, 2.75) is 6.54 Å². The number of ether oxygens (including phenoxy) is 1. The SMILES string of the molecule is COc1ccc(Nc2cc(NCc3cccc(F)c3F)c(C(N)=O)cn2)cc1. The fraction of sp³-hybridized carbons (Fsp3) is 0.100. The minimum atomic E-state index is -0.943. The van der Waals surface area contributed by atoms with Gasteiger partial charge in [-0.2, -0.15) is 0 Å². The van der Waals surface area contributed by atoms with Gasteiger partial charge in [0.2, 0.25) is 0 Å². The second kappa shape index (κ2) is 8.34. The van der Waals surface area contributed by atoms with Gasteiger partial charge < -0.3 is 21.1 Å². The number of nitrogens with zero attached hydrogens (tertiary/aromatic N) is 1. The predicted molar refractivity (Wildman–Crippen MR) is 103 cm³/mol. The Morgan fingerprint density at radius 2 is 1.93 bits per heavy atom. The smallest absolute Gasteiger partial charge is 0.252 e. The first-order chi connectivity index (χ1) is 13.5. The fourth-order valence-electron chi connectivity index (χ4n) is 2.56. The van der Waals surface area contributed by atoms with E-state index in [2.05, 4.69) is 15.6 Å². The molecule has 0 spiro atoms. The molecule has 0 aliphatic carbocycles. The lowest BCUT2D eigenvalue weighted by Crippen LogP contribution is -2.15. The molecule has 0 bridgehead atoms. The molecule has 1 heterocycles. The summed E-state index contributed by atoms with van der Waals surface area (Å²) < 4.78 is 32.3. The van der Waals surface area contributed by atoms with Crippen molar-refractivity contribution >= 4 is 23.1 Å². The zero-order valence-corrected chi connectivity index (χ0v) is 15.0. The standard InChI is InChI=1S/C20H18F2N4O2/c1-28-14-7-5-13(6-8-14)26-18-9-17(15(11-25-18)20(23)27)24-10-12-3-2-4-16(21)19(12)22/h2-9,11H,10H2,1H3,(H2,23,27)(H2,24,25,26). The number of hydrogen-bond acceptors (Lipinski definition) is 5. The predicted octanol–water partition coefficient (Wildman–Crippen LogP) is 3.82. The summed E-state index contributed by atoms with van der Waals surface area (Å²) in [6.45, 7) is -0.0319. The van der Waals surface area contributed by atoms with Crippen LogP contribution in [0.15, 0.2) is 54.7 Å². The normalized spacial score (nSPS) is 10.4. The van der Waals surface area contributed by atoms with Crippen molar-refractivity contribution in [1.82, 2.24) is 4.98 Å². The maximum atomic E-state index is 13.9. The summed E-state index contributed by atoms with van der Waals surface area (Å²) in [6.07, 6.45) is 1.32. The van der Waals surface area contributed by atoms with E-state index >= 15 is 0 Å². The van der Waals surface area contributed by atoms with E-state index in [4.69, 9.17) is 10.5 Å². The van der Waals surface area contributed by atoms with E-state index in [1.54, 1.807) is 37.4 Å². The Hall–Kier alpha value is -3.68. The monoisotopic (exact) mass is 384 g/mol. The molecule has 2 aromatic carbocycles. The zero-order valence-electron chi connectivity index (χ0n) is 15.0. The lowest BCUT2D eigenvalue weighted by atomic mass is 10.1. The van der Waals surface area contributed by atoms with Crippen LogP contribution in [0.5, 0.6) is 5.75 Å². The molecule has 3 rings (SSSR count). The van der Waals surface area contributed by atoms with Crippen LogP contribution in [0.25, 0.3) is 0 Å². The topological polar surface area (TPSA) is 89.3 Å². The molecule has 0 fully saturated rings. The number of nitrogens with one attached hydrogen (secondary N) is 2. The summed E-state index contributed by atoms with van der Waals surface area (Å²) in [5.74, 6) is -1.42. The molecule has 28 heavy (non-hydrogen) atoms. The van der Waals surface area contributed by atoms with Crippen molar-refractivity contribution in [1.29, 1.82) is 0 Å². The van der Waals surface area contributed by atoms with Gasteiger partial charge in [0, 0.05) is 30.1 Å². The Balaban J connectivity index is 1.82. The number of aromatic nitrogens is 1. The van der Waals surface area contributed by atoms with E-state index in [1.165, 1.54) is 18.3 Å². The zero-order chi connectivity index (χ0) is 20.1. The molecule has 0 aliphatic heterocycles. The third-order valence-corrected chi connectivity index (χ3v) is 4.03. The molecule has 4 N–H and O–H groups in total. The van der Waals surface area contributed by atoms with Gasteiger partial charge in [-0.25, -0.2) is 13.8 Å². The maximum Gasteiger partial charge on any atom is 0.252 e. The highest BCUT2D eigenvalue weighted by Gasteiger charge is 2.13. The molecule has 0 radical (unpaired) electrons. The van der Waals surface area contributed by atoms with Gasteiger partial charge in [0.25, 0.3) is 5.91 Å². The second-order valence-electron chi connectivity index (χ2n) is 5.90. The Labute approximate surface area is 160 Å². The fourth-order valence-corrected chi connectivity index (χ4v) is 2.56. The number of nitrogens with two attached hydrogens (primary N) is 1. The number of pyridine rings is 1. The molecule has 144 valence electrons. The van der Waals surface area contributed by atoms with Crippen molar-refractivity contribution in [3.63, 3.8) is 0 Å². The lowest BCUT2D eigenvalue weighted by Gasteiger charge is -2.13. The van der Waals surface area contributed by atoms with Crippen molar-refractivity contribution in [2.75, 3.05) is 17.7 Å². The molecule has 0 unspecified atom stereocenters. The quantitative estimate of drug-likeness (QED) is 0.576. The highest BCUT2D eigenvalue weighted by Crippen LogP contribution is 2.24. The number of benzene rings is 2. The number of carbonyl (C=O) groups excluding carboxylic acids is 1. The van der Waals surface area contributed by atoms with Crippen molar-refractivity contribution in [3.8, 4) is 5.75 Å². The number of rotatable bonds is 7. The summed E-state index contributed by atoms with van der Waals surface area (Å²) in [4.78, 5) is 15.8. The molecule has 0 atom stereocenters. The molecular formula is C20H18F2N4O2.